The molecular formula is C23H35N5O. The summed E-state index contributed by atoms with van der Waals surface area (Å²) in [7, 11) is 0. The molecule has 1 aliphatic heterocycles. The van der Waals surface area contributed by atoms with Crippen LogP contribution in [0.3, 0.4) is 0 Å². The van der Waals surface area contributed by atoms with Crippen LogP contribution in [0, 0.1) is 11.8 Å². The topological polar surface area (TPSA) is 62.2 Å². The number of urea groups is 1. The fourth-order valence-corrected chi connectivity index (χ4v) is 4.24. The van der Waals surface area contributed by atoms with Gasteiger partial charge in [0.15, 0.2) is 0 Å². The standard InChI is InChI=1S/C23H35N5O/c1-19-12-20(2)16-27(15-19)11-7-6-10-24-23(29)25-13-22-14-26-28(18-22)17-21-8-4-3-5-9-21/h3-5,8-9,14,18-20H,6-7,10-13,15-17H2,1-2H3,(H2,24,25,29). The fraction of sp³-hybridized carbons (Fsp3) is 0.565. The molecule has 1 aromatic heterocycles. The number of hydrogen-bond donors (Lipinski definition) is 2. The molecule has 3 rings (SSSR count). The van der Waals surface area contributed by atoms with Gasteiger partial charge in [-0.05, 0) is 43.2 Å². The van der Waals surface area contributed by atoms with E-state index in [1.165, 1.54) is 25.1 Å². The summed E-state index contributed by atoms with van der Waals surface area (Å²) < 4.78 is 1.90. The van der Waals surface area contributed by atoms with Crippen LogP contribution in [0.25, 0.3) is 0 Å². The van der Waals surface area contributed by atoms with Crippen molar-refractivity contribution in [1.29, 1.82) is 0 Å². The lowest BCUT2D eigenvalue weighted by Crippen LogP contribution is -2.39. The van der Waals surface area contributed by atoms with Crippen molar-refractivity contribution in [2.45, 2.75) is 46.2 Å². The van der Waals surface area contributed by atoms with E-state index in [-0.39, 0.29) is 6.03 Å². The molecule has 0 saturated carbocycles. The molecule has 0 spiro atoms. The molecule has 1 saturated heterocycles. The number of aromatic nitrogens is 2. The van der Waals surface area contributed by atoms with Gasteiger partial charge in [-0.25, -0.2) is 4.79 Å². The third-order valence-electron chi connectivity index (χ3n) is 5.46. The van der Waals surface area contributed by atoms with Crippen LogP contribution in [-0.4, -0.2) is 46.9 Å². The summed E-state index contributed by atoms with van der Waals surface area (Å²) in [6, 6.07) is 10.1. The van der Waals surface area contributed by atoms with E-state index in [9.17, 15) is 4.79 Å². The number of nitrogens with one attached hydrogen (secondary N) is 2. The van der Waals surface area contributed by atoms with Gasteiger partial charge in [-0.2, -0.15) is 5.10 Å². The van der Waals surface area contributed by atoms with Gasteiger partial charge in [0.05, 0.1) is 12.7 Å². The molecule has 0 radical (unpaired) electrons. The van der Waals surface area contributed by atoms with E-state index < -0.39 is 0 Å². The molecule has 29 heavy (non-hydrogen) atoms. The van der Waals surface area contributed by atoms with Gasteiger partial charge in [0.1, 0.15) is 0 Å². The first-order valence-electron chi connectivity index (χ1n) is 10.9. The first-order valence-corrected chi connectivity index (χ1v) is 10.9. The lowest BCUT2D eigenvalue weighted by Gasteiger charge is -2.34. The number of carbonyl (C=O) groups is 1. The van der Waals surface area contributed by atoms with E-state index in [0.29, 0.717) is 6.54 Å². The number of hydrogen-bond acceptors (Lipinski definition) is 3. The quantitative estimate of drug-likeness (QED) is 0.637. The number of benzene rings is 1. The number of amides is 2. The minimum atomic E-state index is -0.110. The van der Waals surface area contributed by atoms with Crippen LogP contribution in [0.1, 0.15) is 44.2 Å². The second kappa shape index (κ2) is 11.0. The van der Waals surface area contributed by atoms with Gasteiger partial charge in [-0.3, -0.25) is 4.68 Å². The van der Waals surface area contributed by atoms with Gasteiger partial charge in [0.25, 0.3) is 0 Å². The molecule has 1 aromatic carbocycles. The second-order valence-electron chi connectivity index (χ2n) is 8.55. The van der Waals surface area contributed by atoms with E-state index in [1.807, 2.05) is 35.3 Å². The van der Waals surface area contributed by atoms with E-state index in [4.69, 9.17) is 0 Å². The van der Waals surface area contributed by atoms with Crippen LogP contribution in [0.15, 0.2) is 42.7 Å². The van der Waals surface area contributed by atoms with Crippen molar-refractivity contribution in [3.8, 4) is 0 Å². The van der Waals surface area contributed by atoms with Gasteiger partial charge < -0.3 is 15.5 Å². The predicted octanol–water partition coefficient (Wildman–Crippen LogP) is 3.49. The molecule has 1 fully saturated rings. The second-order valence-corrected chi connectivity index (χ2v) is 8.55. The molecule has 0 bridgehead atoms. The maximum Gasteiger partial charge on any atom is 0.315 e. The highest BCUT2D eigenvalue weighted by atomic mass is 16.2. The van der Waals surface area contributed by atoms with Crippen molar-refractivity contribution in [2.24, 2.45) is 11.8 Å². The van der Waals surface area contributed by atoms with E-state index in [0.717, 1.165) is 49.9 Å². The SMILES string of the molecule is CC1CC(C)CN(CCCCNC(=O)NCc2cnn(Cc3ccccc3)c2)C1. The minimum absolute atomic E-state index is 0.110. The third-order valence-corrected chi connectivity index (χ3v) is 5.46. The first kappa shape index (κ1) is 21.4. The van der Waals surface area contributed by atoms with Crippen molar-refractivity contribution in [3.05, 3.63) is 53.9 Å². The normalized spacial score (nSPS) is 19.8. The van der Waals surface area contributed by atoms with Gasteiger partial charge in [0, 0.05) is 37.9 Å². The molecule has 2 unspecified atom stereocenters. The molecule has 0 aliphatic carbocycles. The Kier molecular flexibility index (Phi) is 8.11. The van der Waals surface area contributed by atoms with Gasteiger partial charge in [-0.1, -0.05) is 44.2 Å². The largest absolute Gasteiger partial charge is 0.338 e. The highest BCUT2D eigenvalue weighted by Crippen LogP contribution is 2.20. The molecule has 2 heterocycles. The number of piperidine rings is 1. The van der Waals surface area contributed by atoms with E-state index in [1.54, 1.807) is 0 Å². The zero-order chi connectivity index (χ0) is 20.5. The average Bonchev–Trinajstić information content (AvgIpc) is 3.13. The Labute approximate surface area is 174 Å². The van der Waals surface area contributed by atoms with Crippen LogP contribution in [0.2, 0.25) is 0 Å². The van der Waals surface area contributed by atoms with Gasteiger partial charge in [-0.15, -0.1) is 0 Å². The maximum atomic E-state index is 12.0. The number of nitrogens with zero attached hydrogens (tertiary/aromatic N) is 3. The molecule has 6 heteroatoms. The Bertz CT molecular complexity index is 735. The highest BCUT2D eigenvalue weighted by Gasteiger charge is 2.20. The number of rotatable bonds is 9. The van der Waals surface area contributed by atoms with Crippen molar-refractivity contribution in [1.82, 2.24) is 25.3 Å². The Hall–Kier alpha value is -2.34. The Morgan fingerprint density at radius 3 is 2.59 bits per heavy atom. The van der Waals surface area contributed by atoms with Crippen LogP contribution in [0.5, 0.6) is 0 Å². The van der Waals surface area contributed by atoms with Crippen molar-refractivity contribution in [2.75, 3.05) is 26.2 Å². The van der Waals surface area contributed by atoms with Crippen LogP contribution in [-0.2, 0) is 13.1 Å². The van der Waals surface area contributed by atoms with Crippen LogP contribution >= 0.6 is 0 Å². The lowest BCUT2D eigenvalue weighted by molar-refractivity contribution is 0.139. The Balaban J connectivity index is 1.27. The number of unbranched alkanes of at least 4 members (excludes halogenated alkanes) is 1. The zero-order valence-electron chi connectivity index (χ0n) is 17.8. The highest BCUT2D eigenvalue weighted by molar-refractivity contribution is 5.73. The zero-order valence-corrected chi connectivity index (χ0v) is 17.8. The fourth-order valence-electron chi connectivity index (χ4n) is 4.24. The molecule has 6 nitrogen and oxygen atoms in total. The molecule has 2 amide bonds. The summed E-state index contributed by atoms with van der Waals surface area (Å²) >= 11 is 0. The predicted molar refractivity (Wildman–Crippen MR) is 117 cm³/mol. The average molecular weight is 398 g/mol. The molecule has 2 aromatic rings. The van der Waals surface area contributed by atoms with Gasteiger partial charge >= 0.3 is 6.03 Å². The van der Waals surface area contributed by atoms with Gasteiger partial charge in [0.2, 0.25) is 0 Å². The first-order chi connectivity index (χ1) is 14.1. The molecule has 158 valence electrons. The van der Waals surface area contributed by atoms with E-state index >= 15 is 0 Å². The lowest BCUT2D eigenvalue weighted by atomic mass is 9.92. The summed E-state index contributed by atoms with van der Waals surface area (Å²) in [5, 5.41) is 10.2. The summed E-state index contributed by atoms with van der Waals surface area (Å²) in [5.74, 6) is 1.61. The summed E-state index contributed by atoms with van der Waals surface area (Å²) in [5.41, 5.74) is 2.21. The maximum absolute atomic E-state index is 12.0. The Morgan fingerprint density at radius 2 is 1.83 bits per heavy atom. The van der Waals surface area contributed by atoms with Crippen molar-refractivity contribution < 1.29 is 4.79 Å². The molecule has 2 atom stereocenters. The monoisotopic (exact) mass is 397 g/mol. The number of carbonyl (C=O) groups excluding carboxylic acids is 1. The van der Waals surface area contributed by atoms with Crippen molar-refractivity contribution in [3.63, 3.8) is 0 Å². The summed E-state index contributed by atoms with van der Waals surface area (Å²) in [6.07, 6.45) is 7.29. The van der Waals surface area contributed by atoms with Crippen LogP contribution in [0.4, 0.5) is 4.79 Å². The van der Waals surface area contributed by atoms with E-state index in [2.05, 4.69) is 46.6 Å². The summed E-state index contributed by atoms with van der Waals surface area (Å²) in [4.78, 5) is 14.6. The molecule has 1 aliphatic rings. The number of likely N-dealkylation sites (tertiary alicyclic amines) is 1. The minimum Gasteiger partial charge on any atom is -0.338 e. The molecular weight excluding hydrogens is 362 g/mol. The molecule has 2 N–H and O–H groups in total. The van der Waals surface area contributed by atoms with Crippen molar-refractivity contribution >= 4 is 6.03 Å². The smallest absolute Gasteiger partial charge is 0.315 e. The summed E-state index contributed by atoms with van der Waals surface area (Å²) in [6.45, 7) is 10.2. The van der Waals surface area contributed by atoms with Crippen LogP contribution < -0.4 is 10.6 Å². The Morgan fingerprint density at radius 1 is 1.07 bits per heavy atom. The third kappa shape index (κ3) is 7.54.